The minimum absolute atomic E-state index is 0.215. The van der Waals surface area contributed by atoms with E-state index >= 15 is 0 Å². The number of ether oxygens (including phenoxy) is 1. The van der Waals surface area contributed by atoms with E-state index in [0.29, 0.717) is 0 Å². The standard InChI is InChI=1S/C23H28FNO/c1-2-3-4-5-6-15-25-22-8-7-16-26-23-17-19(11-14-21(22)23)18-9-12-20(24)13-10-18/h9-14,17H,2-8,15-16H2,1H3. The molecule has 0 bridgehead atoms. The lowest BCUT2D eigenvalue weighted by atomic mass is 9.99. The first-order chi connectivity index (χ1) is 12.8. The molecule has 2 aromatic carbocycles. The molecule has 0 radical (unpaired) electrons. The van der Waals surface area contributed by atoms with Crippen molar-refractivity contribution in [3.8, 4) is 16.9 Å². The molecule has 0 atom stereocenters. The number of halogens is 1. The highest BCUT2D eigenvalue weighted by molar-refractivity contribution is 6.03. The normalized spacial score (nSPS) is 15.4. The van der Waals surface area contributed by atoms with Crippen molar-refractivity contribution in [2.45, 2.75) is 51.9 Å². The summed E-state index contributed by atoms with van der Waals surface area (Å²) in [6.45, 7) is 3.86. The van der Waals surface area contributed by atoms with Gasteiger partial charge in [0.05, 0.1) is 6.61 Å². The molecule has 1 aliphatic heterocycles. The zero-order valence-corrected chi connectivity index (χ0v) is 15.6. The molecule has 0 saturated carbocycles. The van der Waals surface area contributed by atoms with E-state index < -0.39 is 0 Å². The molecule has 1 heterocycles. The van der Waals surface area contributed by atoms with Gasteiger partial charge in [-0.3, -0.25) is 4.99 Å². The van der Waals surface area contributed by atoms with Crippen molar-refractivity contribution in [2.24, 2.45) is 4.99 Å². The molecular formula is C23H28FNO. The van der Waals surface area contributed by atoms with E-state index in [9.17, 15) is 4.39 Å². The third-order valence-electron chi connectivity index (χ3n) is 4.85. The van der Waals surface area contributed by atoms with Gasteiger partial charge in [-0.15, -0.1) is 0 Å². The molecular weight excluding hydrogens is 325 g/mol. The summed E-state index contributed by atoms with van der Waals surface area (Å²) in [6, 6.07) is 12.8. The summed E-state index contributed by atoms with van der Waals surface area (Å²) in [6.07, 6.45) is 8.29. The van der Waals surface area contributed by atoms with Gasteiger partial charge in [0.25, 0.3) is 0 Å². The number of hydrogen-bond donors (Lipinski definition) is 0. The smallest absolute Gasteiger partial charge is 0.128 e. The maximum absolute atomic E-state index is 13.2. The van der Waals surface area contributed by atoms with Crippen LogP contribution in [-0.2, 0) is 0 Å². The van der Waals surface area contributed by atoms with Crippen LogP contribution >= 0.6 is 0 Å². The number of rotatable bonds is 7. The van der Waals surface area contributed by atoms with Gasteiger partial charge in [-0.2, -0.15) is 0 Å². The van der Waals surface area contributed by atoms with Crippen LogP contribution in [0.25, 0.3) is 11.1 Å². The van der Waals surface area contributed by atoms with E-state index in [1.54, 1.807) is 12.1 Å². The van der Waals surface area contributed by atoms with E-state index in [1.807, 2.05) is 0 Å². The largest absolute Gasteiger partial charge is 0.493 e. The fourth-order valence-corrected chi connectivity index (χ4v) is 3.35. The van der Waals surface area contributed by atoms with E-state index in [2.05, 4.69) is 25.1 Å². The Morgan fingerprint density at radius 2 is 1.73 bits per heavy atom. The van der Waals surface area contributed by atoms with E-state index in [1.165, 1.54) is 43.5 Å². The summed E-state index contributed by atoms with van der Waals surface area (Å²) >= 11 is 0. The van der Waals surface area contributed by atoms with Crippen molar-refractivity contribution in [1.82, 2.24) is 0 Å². The van der Waals surface area contributed by atoms with Crippen LogP contribution in [0.4, 0.5) is 4.39 Å². The minimum Gasteiger partial charge on any atom is -0.493 e. The fraction of sp³-hybridized carbons (Fsp3) is 0.435. The molecule has 0 amide bonds. The van der Waals surface area contributed by atoms with Crippen molar-refractivity contribution in [3.63, 3.8) is 0 Å². The Labute approximate surface area is 156 Å². The average molecular weight is 353 g/mol. The van der Waals surface area contributed by atoms with Gasteiger partial charge in [0.15, 0.2) is 0 Å². The number of fused-ring (bicyclic) bond motifs is 1. The molecule has 0 aromatic heterocycles. The average Bonchev–Trinajstić information content (AvgIpc) is 2.87. The number of nitrogens with zero attached hydrogens (tertiary/aromatic N) is 1. The van der Waals surface area contributed by atoms with Gasteiger partial charge in [0.2, 0.25) is 0 Å². The monoisotopic (exact) mass is 353 g/mol. The SMILES string of the molecule is CCCCCCCN=C1CCCOc2cc(-c3ccc(F)cc3)ccc21. The molecule has 0 aliphatic carbocycles. The van der Waals surface area contributed by atoms with E-state index in [-0.39, 0.29) is 5.82 Å². The molecule has 0 fully saturated rings. The first kappa shape index (κ1) is 18.6. The first-order valence-electron chi connectivity index (χ1n) is 9.84. The minimum atomic E-state index is -0.215. The summed E-state index contributed by atoms with van der Waals surface area (Å²) in [5, 5.41) is 0. The molecule has 138 valence electrons. The second-order valence-corrected chi connectivity index (χ2v) is 6.91. The Balaban J connectivity index is 1.74. The summed E-state index contributed by atoms with van der Waals surface area (Å²) in [7, 11) is 0. The quantitative estimate of drug-likeness (QED) is 0.526. The van der Waals surface area contributed by atoms with E-state index in [4.69, 9.17) is 9.73 Å². The van der Waals surface area contributed by atoms with Crippen LogP contribution in [0.15, 0.2) is 47.5 Å². The second kappa shape index (κ2) is 9.51. The van der Waals surface area contributed by atoms with Gasteiger partial charge in [-0.1, -0.05) is 50.8 Å². The number of benzene rings is 2. The zero-order valence-electron chi connectivity index (χ0n) is 15.6. The van der Waals surface area contributed by atoms with Gasteiger partial charge in [0.1, 0.15) is 11.6 Å². The molecule has 26 heavy (non-hydrogen) atoms. The summed E-state index contributed by atoms with van der Waals surface area (Å²) in [4.78, 5) is 4.88. The molecule has 0 saturated heterocycles. The van der Waals surface area contributed by atoms with Crippen LogP contribution in [0.5, 0.6) is 5.75 Å². The van der Waals surface area contributed by atoms with E-state index in [0.717, 1.165) is 54.9 Å². The Morgan fingerprint density at radius 1 is 0.962 bits per heavy atom. The molecule has 3 rings (SSSR count). The molecule has 2 nitrogen and oxygen atoms in total. The van der Waals surface area contributed by atoms with Crippen molar-refractivity contribution in [1.29, 1.82) is 0 Å². The second-order valence-electron chi connectivity index (χ2n) is 6.91. The molecule has 2 aromatic rings. The molecule has 0 unspecified atom stereocenters. The third-order valence-corrected chi connectivity index (χ3v) is 4.85. The van der Waals surface area contributed by atoms with Crippen molar-refractivity contribution in [3.05, 3.63) is 53.8 Å². The summed E-state index contributed by atoms with van der Waals surface area (Å²) < 4.78 is 19.1. The maximum atomic E-state index is 13.2. The predicted octanol–water partition coefficient (Wildman–Crippen LogP) is 6.42. The van der Waals surface area contributed by atoms with Crippen LogP contribution in [0.2, 0.25) is 0 Å². The Morgan fingerprint density at radius 3 is 2.54 bits per heavy atom. The molecule has 0 N–H and O–H groups in total. The summed E-state index contributed by atoms with van der Waals surface area (Å²) in [5.74, 6) is 0.683. The van der Waals surface area contributed by atoms with Crippen LogP contribution in [0.3, 0.4) is 0 Å². The third kappa shape index (κ3) is 4.94. The van der Waals surface area contributed by atoms with Crippen LogP contribution < -0.4 is 4.74 Å². The van der Waals surface area contributed by atoms with Gasteiger partial charge < -0.3 is 4.74 Å². The highest BCUT2D eigenvalue weighted by Gasteiger charge is 2.16. The van der Waals surface area contributed by atoms with Crippen molar-refractivity contribution < 1.29 is 9.13 Å². The Hall–Kier alpha value is -2.16. The number of unbranched alkanes of at least 4 members (excludes halogenated alkanes) is 4. The molecule has 0 spiro atoms. The fourth-order valence-electron chi connectivity index (χ4n) is 3.35. The number of aliphatic imine (C=N–C) groups is 1. The lowest BCUT2D eigenvalue weighted by Crippen LogP contribution is -2.02. The van der Waals surface area contributed by atoms with Gasteiger partial charge in [-0.05, 0) is 54.7 Å². The highest BCUT2D eigenvalue weighted by Crippen LogP contribution is 2.31. The highest BCUT2D eigenvalue weighted by atomic mass is 19.1. The molecule has 3 heteroatoms. The first-order valence-corrected chi connectivity index (χ1v) is 9.84. The topological polar surface area (TPSA) is 21.6 Å². The van der Waals surface area contributed by atoms with Crippen molar-refractivity contribution >= 4 is 5.71 Å². The van der Waals surface area contributed by atoms with Crippen LogP contribution in [0.1, 0.15) is 57.4 Å². The summed E-state index contributed by atoms with van der Waals surface area (Å²) in [5.41, 5.74) is 4.32. The molecule has 1 aliphatic rings. The lowest BCUT2D eigenvalue weighted by molar-refractivity contribution is 0.318. The predicted molar refractivity (Wildman–Crippen MR) is 107 cm³/mol. The van der Waals surface area contributed by atoms with Gasteiger partial charge in [0, 0.05) is 17.8 Å². The Kier molecular flexibility index (Phi) is 6.82. The lowest BCUT2D eigenvalue weighted by Gasteiger charge is -2.11. The van der Waals surface area contributed by atoms with Gasteiger partial charge >= 0.3 is 0 Å². The van der Waals surface area contributed by atoms with Gasteiger partial charge in [-0.25, -0.2) is 4.39 Å². The zero-order chi connectivity index (χ0) is 18.2. The Bertz CT molecular complexity index is 736. The van der Waals surface area contributed by atoms with Crippen molar-refractivity contribution in [2.75, 3.05) is 13.2 Å². The number of hydrogen-bond acceptors (Lipinski definition) is 2. The maximum Gasteiger partial charge on any atom is 0.128 e. The van der Waals surface area contributed by atoms with Crippen LogP contribution in [0, 0.1) is 5.82 Å². The van der Waals surface area contributed by atoms with Crippen LogP contribution in [-0.4, -0.2) is 18.9 Å².